The lowest BCUT2D eigenvalue weighted by molar-refractivity contribution is 0.249. The minimum atomic E-state index is -0.192. The minimum Gasteiger partial charge on any atom is -0.497 e. The van der Waals surface area contributed by atoms with Crippen molar-refractivity contribution in [3.05, 3.63) is 48.7 Å². The summed E-state index contributed by atoms with van der Waals surface area (Å²) in [6.45, 7) is 1.66. The Balaban J connectivity index is 1.50. The van der Waals surface area contributed by atoms with Crippen LogP contribution in [-0.2, 0) is 0 Å². The summed E-state index contributed by atoms with van der Waals surface area (Å²) >= 11 is 0. The van der Waals surface area contributed by atoms with Gasteiger partial charge in [-0.1, -0.05) is 6.07 Å². The van der Waals surface area contributed by atoms with Crippen molar-refractivity contribution >= 4 is 17.5 Å². The monoisotopic (exact) mass is 312 g/mol. The number of rotatable bonds is 4. The molecule has 2 amide bonds. The minimum absolute atomic E-state index is 0.121. The summed E-state index contributed by atoms with van der Waals surface area (Å²) in [5.41, 5.74) is 0.739. The number of amides is 2. The second kappa shape index (κ2) is 7.00. The third-order valence-electron chi connectivity index (χ3n) is 3.84. The Morgan fingerprint density at radius 2 is 2.09 bits per heavy atom. The van der Waals surface area contributed by atoms with Gasteiger partial charge in [-0.05, 0) is 42.8 Å². The van der Waals surface area contributed by atoms with E-state index in [-0.39, 0.29) is 12.1 Å². The van der Waals surface area contributed by atoms with Gasteiger partial charge in [-0.3, -0.25) is 0 Å². The van der Waals surface area contributed by atoms with Crippen molar-refractivity contribution in [2.75, 3.05) is 30.4 Å². The van der Waals surface area contributed by atoms with Gasteiger partial charge in [0.15, 0.2) is 0 Å². The zero-order chi connectivity index (χ0) is 16.1. The standard InChI is InChI=1S/C17H20N4O2/c1-23-15-7-5-13(6-8-15)19-17(22)20-14-9-11-21(12-14)16-4-2-3-10-18-16/h2-8,10,14H,9,11-12H2,1H3,(H2,19,20,22). The lowest BCUT2D eigenvalue weighted by atomic mass is 10.2. The Labute approximate surface area is 135 Å². The van der Waals surface area contributed by atoms with Crippen molar-refractivity contribution in [3.63, 3.8) is 0 Å². The molecule has 0 bridgehead atoms. The van der Waals surface area contributed by atoms with E-state index in [0.29, 0.717) is 0 Å². The number of nitrogens with one attached hydrogen (secondary N) is 2. The van der Waals surface area contributed by atoms with E-state index in [9.17, 15) is 4.79 Å². The van der Waals surface area contributed by atoms with Crippen LogP contribution in [-0.4, -0.2) is 37.3 Å². The van der Waals surface area contributed by atoms with E-state index in [4.69, 9.17) is 4.74 Å². The molecule has 1 fully saturated rings. The number of hydrogen-bond donors (Lipinski definition) is 2. The van der Waals surface area contributed by atoms with Crippen LogP contribution in [0.4, 0.5) is 16.3 Å². The largest absolute Gasteiger partial charge is 0.497 e. The Morgan fingerprint density at radius 3 is 2.78 bits per heavy atom. The van der Waals surface area contributed by atoms with Gasteiger partial charge in [0.2, 0.25) is 0 Å². The SMILES string of the molecule is COc1ccc(NC(=O)NC2CCN(c3ccccn3)C2)cc1. The van der Waals surface area contributed by atoms with Crippen molar-refractivity contribution in [2.24, 2.45) is 0 Å². The molecule has 23 heavy (non-hydrogen) atoms. The van der Waals surface area contributed by atoms with Gasteiger partial charge in [0.05, 0.1) is 7.11 Å². The molecule has 1 saturated heterocycles. The number of methoxy groups -OCH3 is 1. The van der Waals surface area contributed by atoms with Gasteiger partial charge in [0.25, 0.3) is 0 Å². The first-order valence-corrected chi connectivity index (χ1v) is 7.62. The van der Waals surface area contributed by atoms with E-state index < -0.39 is 0 Å². The summed E-state index contributed by atoms with van der Waals surface area (Å²) in [6, 6.07) is 13.0. The van der Waals surface area contributed by atoms with Gasteiger partial charge in [-0.2, -0.15) is 0 Å². The fourth-order valence-corrected chi connectivity index (χ4v) is 2.65. The van der Waals surface area contributed by atoms with Crippen LogP contribution in [0.25, 0.3) is 0 Å². The molecule has 2 aromatic rings. The van der Waals surface area contributed by atoms with Crippen LogP contribution in [0.2, 0.25) is 0 Å². The molecule has 1 aromatic carbocycles. The van der Waals surface area contributed by atoms with E-state index in [1.807, 2.05) is 42.5 Å². The second-order valence-electron chi connectivity index (χ2n) is 5.45. The molecule has 2 heterocycles. The number of aromatic nitrogens is 1. The zero-order valence-electron chi connectivity index (χ0n) is 13.0. The normalized spacial score (nSPS) is 16.9. The Hall–Kier alpha value is -2.76. The lowest BCUT2D eigenvalue weighted by Gasteiger charge is -2.18. The molecule has 0 aliphatic carbocycles. The van der Waals surface area contributed by atoms with E-state index in [1.165, 1.54) is 0 Å². The van der Waals surface area contributed by atoms with Crippen LogP contribution in [0.5, 0.6) is 5.75 Å². The fraction of sp³-hybridized carbons (Fsp3) is 0.294. The highest BCUT2D eigenvalue weighted by molar-refractivity contribution is 5.89. The first-order chi connectivity index (χ1) is 11.2. The number of anilines is 2. The summed E-state index contributed by atoms with van der Waals surface area (Å²) in [6.07, 6.45) is 2.69. The molecule has 0 spiro atoms. The number of hydrogen-bond acceptors (Lipinski definition) is 4. The fourth-order valence-electron chi connectivity index (χ4n) is 2.65. The van der Waals surface area contributed by atoms with E-state index >= 15 is 0 Å². The van der Waals surface area contributed by atoms with Crippen LogP contribution < -0.4 is 20.3 Å². The first-order valence-electron chi connectivity index (χ1n) is 7.62. The van der Waals surface area contributed by atoms with Gasteiger partial charge in [0.1, 0.15) is 11.6 Å². The molecule has 1 unspecified atom stereocenters. The molecule has 0 radical (unpaired) electrons. The van der Waals surface area contributed by atoms with Crippen LogP contribution in [0.15, 0.2) is 48.7 Å². The highest BCUT2D eigenvalue weighted by Crippen LogP contribution is 2.18. The van der Waals surface area contributed by atoms with Crippen molar-refractivity contribution in [2.45, 2.75) is 12.5 Å². The third kappa shape index (κ3) is 3.91. The number of carbonyl (C=O) groups excluding carboxylic acids is 1. The molecule has 0 saturated carbocycles. The smallest absolute Gasteiger partial charge is 0.319 e. The van der Waals surface area contributed by atoms with Gasteiger partial charge in [-0.25, -0.2) is 9.78 Å². The number of benzene rings is 1. The maximum atomic E-state index is 12.1. The Bertz CT molecular complexity index is 645. The van der Waals surface area contributed by atoms with Gasteiger partial charge >= 0.3 is 6.03 Å². The van der Waals surface area contributed by atoms with Crippen molar-refractivity contribution in [1.82, 2.24) is 10.3 Å². The predicted octanol–water partition coefficient (Wildman–Crippen LogP) is 2.49. The van der Waals surface area contributed by atoms with Gasteiger partial charge in [0, 0.05) is 31.0 Å². The molecule has 120 valence electrons. The average Bonchev–Trinajstić information content (AvgIpc) is 3.04. The molecular formula is C17H20N4O2. The Kier molecular flexibility index (Phi) is 4.61. The average molecular weight is 312 g/mol. The highest BCUT2D eigenvalue weighted by Gasteiger charge is 2.24. The number of ether oxygens (including phenoxy) is 1. The van der Waals surface area contributed by atoms with Crippen LogP contribution in [0.3, 0.4) is 0 Å². The first kappa shape index (κ1) is 15.1. The maximum absolute atomic E-state index is 12.1. The topological polar surface area (TPSA) is 66.5 Å². The second-order valence-corrected chi connectivity index (χ2v) is 5.45. The number of pyridine rings is 1. The van der Waals surface area contributed by atoms with Gasteiger partial charge < -0.3 is 20.3 Å². The molecule has 2 N–H and O–H groups in total. The number of carbonyl (C=O) groups is 1. The number of nitrogens with zero attached hydrogens (tertiary/aromatic N) is 2. The molecule has 6 nitrogen and oxygen atoms in total. The van der Waals surface area contributed by atoms with Crippen LogP contribution in [0, 0.1) is 0 Å². The summed E-state index contributed by atoms with van der Waals surface area (Å²) < 4.78 is 5.10. The van der Waals surface area contributed by atoms with Crippen molar-refractivity contribution < 1.29 is 9.53 Å². The summed E-state index contributed by atoms with van der Waals surface area (Å²) in [4.78, 5) is 18.6. The molecule has 1 atom stereocenters. The van der Waals surface area contributed by atoms with Crippen molar-refractivity contribution in [1.29, 1.82) is 0 Å². The quantitative estimate of drug-likeness (QED) is 0.910. The van der Waals surface area contributed by atoms with E-state index in [0.717, 1.165) is 36.8 Å². The molecule has 1 aliphatic heterocycles. The molecule has 3 rings (SSSR count). The Morgan fingerprint density at radius 1 is 1.26 bits per heavy atom. The molecular weight excluding hydrogens is 292 g/mol. The summed E-state index contributed by atoms with van der Waals surface area (Å²) in [5, 5.41) is 5.84. The van der Waals surface area contributed by atoms with Crippen LogP contribution in [0.1, 0.15) is 6.42 Å². The highest BCUT2D eigenvalue weighted by atomic mass is 16.5. The predicted molar refractivity (Wildman–Crippen MR) is 90.0 cm³/mol. The lowest BCUT2D eigenvalue weighted by Crippen LogP contribution is -2.39. The summed E-state index contributed by atoms with van der Waals surface area (Å²) in [5.74, 6) is 1.71. The summed E-state index contributed by atoms with van der Waals surface area (Å²) in [7, 11) is 1.61. The molecule has 1 aliphatic rings. The van der Waals surface area contributed by atoms with Gasteiger partial charge in [-0.15, -0.1) is 0 Å². The zero-order valence-corrected chi connectivity index (χ0v) is 13.0. The van der Waals surface area contributed by atoms with E-state index in [2.05, 4.69) is 20.5 Å². The van der Waals surface area contributed by atoms with Crippen LogP contribution >= 0.6 is 0 Å². The van der Waals surface area contributed by atoms with E-state index in [1.54, 1.807) is 13.3 Å². The third-order valence-corrected chi connectivity index (χ3v) is 3.84. The molecule has 6 heteroatoms. The maximum Gasteiger partial charge on any atom is 0.319 e. The molecule has 1 aromatic heterocycles. The van der Waals surface area contributed by atoms with Crippen molar-refractivity contribution in [3.8, 4) is 5.75 Å². The number of urea groups is 1.